The summed E-state index contributed by atoms with van der Waals surface area (Å²) in [5.74, 6) is -1.77. The number of aryl methyl sites for hydroxylation is 1. The molecule has 2 rings (SSSR count). The van der Waals surface area contributed by atoms with E-state index >= 15 is 0 Å². The van der Waals surface area contributed by atoms with Crippen LogP contribution in [0, 0.1) is 18.6 Å². The van der Waals surface area contributed by atoms with Crippen LogP contribution in [-0.2, 0) is 0 Å². The lowest BCUT2D eigenvalue weighted by Gasteiger charge is -2.07. The van der Waals surface area contributed by atoms with Crippen molar-refractivity contribution in [2.24, 2.45) is 0 Å². The summed E-state index contributed by atoms with van der Waals surface area (Å²) in [5, 5.41) is 0.390. The molecule has 0 atom stereocenters. The first-order valence-corrected chi connectivity index (χ1v) is 5.37. The second kappa shape index (κ2) is 4.34. The van der Waals surface area contributed by atoms with Gasteiger partial charge in [0.05, 0.1) is 0 Å². The molecule has 0 amide bonds. The fourth-order valence-electron chi connectivity index (χ4n) is 1.70. The summed E-state index contributed by atoms with van der Waals surface area (Å²) in [6, 6.07) is 7.36. The van der Waals surface area contributed by atoms with Crippen LogP contribution in [0.4, 0.5) is 14.5 Å². The lowest BCUT2D eigenvalue weighted by Crippen LogP contribution is -1.93. The number of nitrogens with two attached hydrogens (primary N) is 1. The quantitative estimate of drug-likeness (QED) is 0.758. The Morgan fingerprint density at radius 1 is 1.06 bits per heavy atom. The highest BCUT2D eigenvalue weighted by atomic mass is 35.5. The van der Waals surface area contributed by atoms with Crippen LogP contribution in [0.2, 0.25) is 5.02 Å². The highest BCUT2D eigenvalue weighted by molar-refractivity contribution is 6.31. The van der Waals surface area contributed by atoms with Crippen molar-refractivity contribution in [1.82, 2.24) is 0 Å². The summed E-state index contributed by atoms with van der Waals surface area (Å²) in [7, 11) is 0. The van der Waals surface area contributed by atoms with E-state index in [2.05, 4.69) is 0 Å². The number of rotatable bonds is 1. The zero-order chi connectivity index (χ0) is 12.6. The van der Waals surface area contributed by atoms with Gasteiger partial charge >= 0.3 is 0 Å². The first kappa shape index (κ1) is 11.9. The molecule has 0 unspecified atom stereocenters. The SMILES string of the molecule is Cc1cc(F)c(F)c(-c2cc(N)cc(Cl)c2)c1. The molecule has 0 aromatic heterocycles. The minimum atomic E-state index is -0.891. The third-order valence-corrected chi connectivity index (χ3v) is 2.62. The van der Waals surface area contributed by atoms with Gasteiger partial charge in [0.15, 0.2) is 11.6 Å². The summed E-state index contributed by atoms with van der Waals surface area (Å²) >= 11 is 5.84. The Morgan fingerprint density at radius 2 is 1.76 bits per heavy atom. The van der Waals surface area contributed by atoms with Crippen LogP contribution >= 0.6 is 11.6 Å². The van der Waals surface area contributed by atoms with Crippen molar-refractivity contribution < 1.29 is 8.78 Å². The molecule has 0 saturated carbocycles. The molecule has 2 N–H and O–H groups in total. The molecule has 0 aliphatic rings. The van der Waals surface area contributed by atoms with Gasteiger partial charge in [0, 0.05) is 16.3 Å². The standard InChI is InChI=1S/C13H10ClF2N/c1-7-2-11(13(16)12(15)3-7)8-4-9(14)6-10(17)5-8/h2-6H,17H2,1H3. The van der Waals surface area contributed by atoms with Crippen LogP contribution in [0.3, 0.4) is 0 Å². The van der Waals surface area contributed by atoms with Crippen molar-refractivity contribution in [3.8, 4) is 11.1 Å². The lowest BCUT2D eigenvalue weighted by atomic mass is 10.0. The number of nitrogen functional groups attached to an aromatic ring is 1. The third-order valence-electron chi connectivity index (χ3n) is 2.40. The maximum absolute atomic E-state index is 13.7. The van der Waals surface area contributed by atoms with Crippen molar-refractivity contribution >= 4 is 17.3 Å². The van der Waals surface area contributed by atoms with Gasteiger partial charge < -0.3 is 5.73 Å². The van der Waals surface area contributed by atoms with Gasteiger partial charge in [-0.1, -0.05) is 11.6 Å². The average molecular weight is 254 g/mol. The van der Waals surface area contributed by atoms with Crippen LogP contribution in [0.25, 0.3) is 11.1 Å². The maximum Gasteiger partial charge on any atom is 0.166 e. The Morgan fingerprint density at radius 3 is 2.41 bits per heavy atom. The van der Waals surface area contributed by atoms with Crippen LogP contribution in [-0.4, -0.2) is 0 Å². The van der Waals surface area contributed by atoms with Crippen LogP contribution < -0.4 is 5.73 Å². The summed E-state index contributed by atoms with van der Waals surface area (Å²) in [6.45, 7) is 1.69. The Balaban J connectivity index is 2.67. The molecule has 2 aromatic rings. The van der Waals surface area contributed by atoms with Crippen LogP contribution in [0.1, 0.15) is 5.56 Å². The van der Waals surface area contributed by atoms with E-state index in [9.17, 15) is 8.78 Å². The Labute approximate surface area is 103 Å². The van der Waals surface area contributed by atoms with E-state index in [1.165, 1.54) is 0 Å². The second-order valence-electron chi connectivity index (χ2n) is 3.88. The second-order valence-corrected chi connectivity index (χ2v) is 4.32. The van der Waals surface area contributed by atoms with Crippen molar-refractivity contribution in [3.63, 3.8) is 0 Å². The van der Waals surface area contributed by atoms with Gasteiger partial charge in [-0.05, 0) is 48.4 Å². The van der Waals surface area contributed by atoms with Crippen molar-refractivity contribution in [3.05, 3.63) is 52.6 Å². The number of hydrogen-bond donors (Lipinski definition) is 1. The first-order valence-electron chi connectivity index (χ1n) is 4.99. The summed E-state index contributed by atoms with van der Waals surface area (Å²) in [5.41, 5.74) is 7.30. The number of benzene rings is 2. The van der Waals surface area contributed by atoms with E-state index in [0.29, 0.717) is 21.8 Å². The Kier molecular flexibility index (Phi) is 3.03. The van der Waals surface area contributed by atoms with E-state index in [1.807, 2.05) is 0 Å². The topological polar surface area (TPSA) is 26.0 Å². The highest BCUT2D eigenvalue weighted by Gasteiger charge is 2.12. The molecule has 88 valence electrons. The predicted octanol–water partition coefficient (Wildman–Crippen LogP) is 4.18. The number of anilines is 1. The van der Waals surface area contributed by atoms with Crippen molar-refractivity contribution in [2.45, 2.75) is 6.92 Å². The number of hydrogen-bond acceptors (Lipinski definition) is 1. The fraction of sp³-hybridized carbons (Fsp3) is 0.0769. The first-order chi connectivity index (χ1) is 7.97. The molecule has 2 aromatic carbocycles. The lowest BCUT2D eigenvalue weighted by molar-refractivity contribution is 0.510. The maximum atomic E-state index is 13.7. The van der Waals surface area contributed by atoms with E-state index < -0.39 is 11.6 Å². The molecule has 0 aliphatic heterocycles. The third kappa shape index (κ3) is 2.39. The zero-order valence-electron chi connectivity index (χ0n) is 9.10. The molecule has 0 heterocycles. The van der Waals surface area contributed by atoms with E-state index in [0.717, 1.165) is 6.07 Å². The molecule has 0 saturated heterocycles. The van der Waals surface area contributed by atoms with E-state index in [4.69, 9.17) is 17.3 Å². The molecule has 0 spiro atoms. The van der Waals surface area contributed by atoms with Gasteiger partial charge in [0.25, 0.3) is 0 Å². The Hall–Kier alpha value is -1.61. The molecule has 0 bridgehead atoms. The van der Waals surface area contributed by atoms with Gasteiger partial charge in [0.2, 0.25) is 0 Å². The molecule has 4 heteroatoms. The van der Waals surface area contributed by atoms with Gasteiger partial charge in [0.1, 0.15) is 0 Å². The largest absolute Gasteiger partial charge is 0.399 e. The average Bonchev–Trinajstić information content (AvgIpc) is 2.22. The molecule has 1 nitrogen and oxygen atoms in total. The van der Waals surface area contributed by atoms with Crippen LogP contribution in [0.15, 0.2) is 30.3 Å². The molecule has 0 fully saturated rings. The highest BCUT2D eigenvalue weighted by Crippen LogP contribution is 2.29. The van der Waals surface area contributed by atoms with Crippen LogP contribution in [0.5, 0.6) is 0 Å². The molecule has 0 radical (unpaired) electrons. The minimum Gasteiger partial charge on any atom is -0.399 e. The predicted molar refractivity (Wildman–Crippen MR) is 66.0 cm³/mol. The molecular weight excluding hydrogens is 244 g/mol. The molecule has 0 aliphatic carbocycles. The monoisotopic (exact) mass is 253 g/mol. The summed E-state index contributed by atoms with van der Waals surface area (Å²) < 4.78 is 27.0. The Bertz CT molecular complexity index is 562. The van der Waals surface area contributed by atoms with Gasteiger partial charge in [-0.25, -0.2) is 8.78 Å². The van der Waals surface area contributed by atoms with Gasteiger partial charge in [-0.15, -0.1) is 0 Å². The van der Waals surface area contributed by atoms with E-state index in [-0.39, 0.29) is 5.56 Å². The number of halogens is 3. The van der Waals surface area contributed by atoms with Gasteiger partial charge in [-0.3, -0.25) is 0 Å². The molecular formula is C13H10ClF2N. The van der Waals surface area contributed by atoms with Crippen molar-refractivity contribution in [1.29, 1.82) is 0 Å². The molecule has 17 heavy (non-hydrogen) atoms. The summed E-state index contributed by atoms with van der Waals surface area (Å²) in [4.78, 5) is 0. The minimum absolute atomic E-state index is 0.164. The van der Waals surface area contributed by atoms with E-state index in [1.54, 1.807) is 31.2 Å². The normalized spacial score (nSPS) is 10.6. The van der Waals surface area contributed by atoms with Gasteiger partial charge in [-0.2, -0.15) is 0 Å². The van der Waals surface area contributed by atoms with Crippen molar-refractivity contribution in [2.75, 3.05) is 5.73 Å². The fourth-order valence-corrected chi connectivity index (χ4v) is 1.95. The smallest absolute Gasteiger partial charge is 0.166 e. The summed E-state index contributed by atoms with van der Waals surface area (Å²) in [6.07, 6.45) is 0. The zero-order valence-corrected chi connectivity index (χ0v) is 9.85.